The van der Waals surface area contributed by atoms with E-state index >= 15 is 0 Å². The molecule has 168 valence electrons. The third-order valence-corrected chi connectivity index (χ3v) is 11.1. The third kappa shape index (κ3) is 3.65. The largest absolute Gasteiger partial charge is 0.478 e. The Kier molecular flexibility index (Phi) is 6.08. The summed E-state index contributed by atoms with van der Waals surface area (Å²) in [6, 6.07) is 0.0129. The highest BCUT2D eigenvalue weighted by Gasteiger charge is 2.61. The molecule has 0 amide bonds. The molecular weight excluding hydrogens is 448 g/mol. The fourth-order valence-electron chi connectivity index (χ4n) is 5.52. The van der Waals surface area contributed by atoms with Crippen LogP contribution in [0, 0.1) is 23.7 Å². The van der Waals surface area contributed by atoms with Gasteiger partial charge in [0.05, 0.1) is 29.2 Å². The number of sulfonamides is 1. The normalized spacial score (nSPS) is 40.5. The summed E-state index contributed by atoms with van der Waals surface area (Å²) >= 11 is 3.16. The van der Waals surface area contributed by atoms with Gasteiger partial charge >= 0.3 is 5.97 Å². The number of ketones is 1. The van der Waals surface area contributed by atoms with Crippen LogP contribution >= 0.6 is 23.5 Å². The van der Waals surface area contributed by atoms with Crippen LogP contribution in [0.1, 0.15) is 20.3 Å². The molecule has 2 heterocycles. The Morgan fingerprint density at radius 2 is 2.10 bits per heavy atom. The Bertz CT molecular complexity index is 889. The second-order valence-electron chi connectivity index (χ2n) is 8.72. The van der Waals surface area contributed by atoms with Gasteiger partial charge in [-0.25, -0.2) is 13.2 Å². The first-order valence-corrected chi connectivity index (χ1v) is 14.0. The number of aliphatic carboxylic acids is 1. The molecule has 0 aromatic carbocycles. The van der Waals surface area contributed by atoms with E-state index in [1.54, 1.807) is 23.0 Å². The van der Waals surface area contributed by atoms with Crippen molar-refractivity contribution in [3.63, 3.8) is 0 Å². The van der Waals surface area contributed by atoms with Crippen LogP contribution in [-0.2, 0) is 19.6 Å². The molecule has 8 unspecified atom stereocenters. The number of aliphatic hydroxyl groups excluding tert-OH is 1. The SMILES string of the molecule is CC(O)C1C(=O)C2C(C(=O)O)=C(SC3CNC(C4SCCN4S(C)(=O)=O)C3)C(C)C21. The third-order valence-electron chi connectivity index (χ3n) is 6.82. The zero-order valence-electron chi connectivity index (χ0n) is 17.1. The maximum atomic E-state index is 12.5. The van der Waals surface area contributed by atoms with Crippen LogP contribution in [-0.4, -0.2) is 82.6 Å². The number of hydrogen-bond acceptors (Lipinski definition) is 8. The number of rotatable bonds is 6. The Balaban J connectivity index is 1.49. The number of nitrogens with zero attached hydrogens (tertiary/aromatic N) is 1. The van der Waals surface area contributed by atoms with Gasteiger partial charge in [0.1, 0.15) is 5.78 Å². The second kappa shape index (κ2) is 8.08. The molecule has 0 bridgehead atoms. The molecule has 8 nitrogen and oxygen atoms in total. The summed E-state index contributed by atoms with van der Waals surface area (Å²) in [5, 5.41) is 23.2. The highest BCUT2D eigenvalue weighted by atomic mass is 32.2. The number of carbonyl (C=O) groups excluding carboxylic acids is 1. The Hall–Kier alpha value is -0.590. The van der Waals surface area contributed by atoms with E-state index in [4.69, 9.17) is 0 Å². The van der Waals surface area contributed by atoms with E-state index in [1.165, 1.54) is 18.0 Å². The molecule has 1 saturated carbocycles. The Morgan fingerprint density at radius 1 is 1.40 bits per heavy atom. The fourth-order valence-corrected chi connectivity index (χ4v) is 10.0. The molecule has 0 aromatic rings. The molecule has 0 radical (unpaired) electrons. The number of Topliss-reactive ketones (excluding diaryl/α,β-unsaturated/α-hetero) is 1. The van der Waals surface area contributed by atoms with Crippen LogP contribution in [0.4, 0.5) is 0 Å². The van der Waals surface area contributed by atoms with E-state index in [2.05, 4.69) is 5.32 Å². The average molecular weight is 477 g/mol. The maximum absolute atomic E-state index is 12.5. The number of carbonyl (C=O) groups is 2. The molecule has 8 atom stereocenters. The standard InChI is InChI=1S/C19H28N2O6S3/c1-8-12-13(9(2)22)16(23)14(12)15(19(24)25)17(8)29-10-6-11(20-7-10)18-21(4-5-28-18)30(3,26)27/h8-14,18,20,22H,4-7H2,1-3H3,(H,24,25). The van der Waals surface area contributed by atoms with E-state index in [1.807, 2.05) is 6.92 Å². The number of hydrogen-bond donors (Lipinski definition) is 3. The first-order valence-electron chi connectivity index (χ1n) is 10.2. The average Bonchev–Trinajstić information content (AvgIpc) is 3.32. The summed E-state index contributed by atoms with van der Waals surface area (Å²) in [5.41, 5.74) is 0.204. The van der Waals surface area contributed by atoms with Crippen molar-refractivity contribution in [1.29, 1.82) is 0 Å². The molecule has 0 aromatic heterocycles. The van der Waals surface area contributed by atoms with Crippen molar-refractivity contribution in [1.82, 2.24) is 9.62 Å². The minimum Gasteiger partial charge on any atom is -0.478 e. The van der Waals surface area contributed by atoms with Crippen LogP contribution in [0.5, 0.6) is 0 Å². The summed E-state index contributed by atoms with van der Waals surface area (Å²) in [7, 11) is -3.27. The monoisotopic (exact) mass is 476 g/mol. The Morgan fingerprint density at radius 3 is 2.70 bits per heavy atom. The minimum atomic E-state index is -3.27. The van der Waals surface area contributed by atoms with Gasteiger partial charge in [0.15, 0.2) is 0 Å². The van der Waals surface area contributed by atoms with Gasteiger partial charge < -0.3 is 15.5 Å². The van der Waals surface area contributed by atoms with Crippen LogP contribution in [0.25, 0.3) is 0 Å². The van der Waals surface area contributed by atoms with Crippen molar-refractivity contribution >= 4 is 45.3 Å². The number of fused-ring (bicyclic) bond motifs is 1. The van der Waals surface area contributed by atoms with Crippen LogP contribution in [0.3, 0.4) is 0 Å². The van der Waals surface area contributed by atoms with Gasteiger partial charge in [-0.15, -0.1) is 23.5 Å². The highest BCUT2D eigenvalue weighted by molar-refractivity contribution is 8.03. The lowest BCUT2D eigenvalue weighted by atomic mass is 9.59. The van der Waals surface area contributed by atoms with E-state index in [0.29, 0.717) is 13.1 Å². The molecule has 4 rings (SSSR count). The maximum Gasteiger partial charge on any atom is 0.333 e. The Labute approximate surface area is 185 Å². The van der Waals surface area contributed by atoms with Gasteiger partial charge in [-0.1, -0.05) is 6.92 Å². The summed E-state index contributed by atoms with van der Waals surface area (Å²) in [4.78, 5) is 25.3. The smallest absolute Gasteiger partial charge is 0.333 e. The van der Waals surface area contributed by atoms with Crippen molar-refractivity contribution in [2.45, 2.75) is 43.0 Å². The zero-order chi connectivity index (χ0) is 22.0. The molecule has 4 aliphatic rings. The number of carboxylic acid groups (broad SMARTS) is 1. The number of allylic oxidation sites excluding steroid dienone is 1. The molecule has 2 aliphatic carbocycles. The van der Waals surface area contributed by atoms with Gasteiger partial charge in [-0.05, 0) is 30.1 Å². The summed E-state index contributed by atoms with van der Waals surface area (Å²) in [6.07, 6.45) is 1.20. The molecule has 30 heavy (non-hydrogen) atoms. The molecule has 11 heteroatoms. The lowest BCUT2D eigenvalue weighted by Gasteiger charge is -2.43. The van der Waals surface area contributed by atoms with E-state index in [9.17, 15) is 28.2 Å². The van der Waals surface area contributed by atoms with Crippen molar-refractivity contribution in [3.05, 3.63) is 10.5 Å². The quantitative estimate of drug-likeness (QED) is 0.505. The zero-order valence-corrected chi connectivity index (χ0v) is 19.6. The second-order valence-corrected chi connectivity index (χ2v) is 13.2. The predicted molar refractivity (Wildman–Crippen MR) is 117 cm³/mol. The summed E-state index contributed by atoms with van der Waals surface area (Å²) < 4.78 is 25.7. The first-order chi connectivity index (χ1) is 14.0. The molecule has 2 aliphatic heterocycles. The lowest BCUT2D eigenvalue weighted by molar-refractivity contribution is -0.151. The minimum absolute atomic E-state index is 0.0129. The van der Waals surface area contributed by atoms with Crippen LogP contribution in [0.2, 0.25) is 0 Å². The van der Waals surface area contributed by atoms with Crippen LogP contribution < -0.4 is 5.32 Å². The van der Waals surface area contributed by atoms with Crippen molar-refractivity contribution < 1.29 is 28.2 Å². The number of thioether (sulfide) groups is 2. The van der Waals surface area contributed by atoms with Gasteiger partial charge in [-0.3, -0.25) is 4.79 Å². The number of nitrogens with one attached hydrogen (secondary N) is 1. The summed E-state index contributed by atoms with van der Waals surface area (Å²) in [5.74, 6) is -1.79. The lowest BCUT2D eigenvalue weighted by Crippen LogP contribution is -2.53. The van der Waals surface area contributed by atoms with E-state index in [0.717, 1.165) is 17.1 Å². The number of carboxylic acids is 1. The highest BCUT2D eigenvalue weighted by Crippen LogP contribution is 2.59. The van der Waals surface area contributed by atoms with E-state index < -0.39 is 33.9 Å². The van der Waals surface area contributed by atoms with Crippen LogP contribution in [0.15, 0.2) is 10.5 Å². The fraction of sp³-hybridized carbons (Fsp3) is 0.789. The van der Waals surface area contributed by atoms with Crippen molar-refractivity contribution in [2.75, 3.05) is 25.1 Å². The number of aliphatic hydroxyl groups is 1. The summed E-state index contributed by atoms with van der Waals surface area (Å²) in [6.45, 7) is 4.73. The molecular formula is C19H28N2O6S3. The van der Waals surface area contributed by atoms with Gasteiger partial charge in [0.2, 0.25) is 10.0 Å². The molecule has 2 saturated heterocycles. The van der Waals surface area contributed by atoms with Gasteiger partial charge in [0.25, 0.3) is 0 Å². The van der Waals surface area contributed by atoms with Crippen molar-refractivity contribution in [2.24, 2.45) is 23.7 Å². The van der Waals surface area contributed by atoms with E-state index in [-0.39, 0.29) is 39.9 Å². The van der Waals surface area contributed by atoms with Crippen molar-refractivity contribution in [3.8, 4) is 0 Å². The predicted octanol–water partition coefficient (Wildman–Crippen LogP) is 0.585. The first kappa shape index (κ1) is 22.6. The topological polar surface area (TPSA) is 124 Å². The molecule has 0 spiro atoms. The van der Waals surface area contributed by atoms with Gasteiger partial charge in [-0.2, -0.15) is 4.31 Å². The molecule has 3 fully saturated rings. The molecule has 3 N–H and O–H groups in total. The van der Waals surface area contributed by atoms with Gasteiger partial charge in [0, 0.05) is 36.1 Å².